The van der Waals surface area contributed by atoms with Gasteiger partial charge in [0, 0.05) is 32.9 Å². The molecule has 0 fully saturated rings. The summed E-state index contributed by atoms with van der Waals surface area (Å²) in [5.41, 5.74) is 3.86. The van der Waals surface area contributed by atoms with Crippen molar-refractivity contribution >= 4 is 34.3 Å². The Kier molecular flexibility index (Phi) is 5.28. The van der Waals surface area contributed by atoms with Gasteiger partial charge in [0.15, 0.2) is 5.78 Å². The Morgan fingerprint density at radius 3 is 2.73 bits per heavy atom. The maximum atomic E-state index is 13.1. The molecule has 0 saturated carbocycles. The van der Waals surface area contributed by atoms with Crippen LogP contribution >= 0.6 is 22.6 Å². The molecule has 138 valence electrons. The minimum absolute atomic E-state index is 0.0830. The first-order chi connectivity index (χ1) is 12.2. The molecule has 2 aliphatic rings. The van der Waals surface area contributed by atoms with Gasteiger partial charge in [0.1, 0.15) is 0 Å². The molecule has 1 aromatic rings. The molecule has 0 aromatic heterocycles. The first kappa shape index (κ1) is 19.1. The molecule has 0 radical (unpaired) electrons. The van der Waals surface area contributed by atoms with Crippen LogP contribution in [0.15, 0.2) is 46.8 Å². The van der Waals surface area contributed by atoms with E-state index in [1.807, 2.05) is 31.2 Å². The number of Topliss-reactive ketones (excluding diaryl/α,β-unsaturated/α-hetero) is 1. The zero-order valence-electron chi connectivity index (χ0n) is 15.6. The van der Waals surface area contributed by atoms with Gasteiger partial charge in [-0.3, -0.25) is 4.79 Å². The second kappa shape index (κ2) is 7.18. The molecule has 3 rings (SSSR count). The highest BCUT2D eigenvalue weighted by Gasteiger charge is 2.43. The van der Waals surface area contributed by atoms with Crippen LogP contribution in [0.4, 0.5) is 0 Å². The van der Waals surface area contributed by atoms with Crippen LogP contribution in [0.25, 0.3) is 0 Å². The van der Waals surface area contributed by atoms with Crippen LogP contribution in [-0.2, 0) is 14.3 Å². The van der Waals surface area contributed by atoms with E-state index in [-0.39, 0.29) is 23.1 Å². The Morgan fingerprint density at radius 1 is 1.35 bits per heavy atom. The van der Waals surface area contributed by atoms with Crippen LogP contribution in [0, 0.1) is 8.99 Å². The molecular weight excluding hydrogens is 441 g/mol. The first-order valence-electron chi connectivity index (χ1n) is 8.90. The van der Waals surface area contributed by atoms with Gasteiger partial charge in [-0.2, -0.15) is 0 Å². The van der Waals surface area contributed by atoms with E-state index in [0.717, 1.165) is 32.5 Å². The molecule has 1 atom stereocenters. The van der Waals surface area contributed by atoms with E-state index in [0.29, 0.717) is 18.6 Å². The van der Waals surface area contributed by atoms with Crippen LogP contribution < -0.4 is 5.32 Å². The van der Waals surface area contributed by atoms with E-state index in [1.54, 1.807) is 6.92 Å². The summed E-state index contributed by atoms with van der Waals surface area (Å²) in [4.78, 5) is 25.8. The minimum Gasteiger partial charge on any atom is -0.463 e. The summed E-state index contributed by atoms with van der Waals surface area (Å²) >= 11 is 2.26. The number of hydrogen-bond acceptors (Lipinski definition) is 4. The van der Waals surface area contributed by atoms with Crippen molar-refractivity contribution in [1.29, 1.82) is 0 Å². The molecule has 26 heavy (non-hydrogen) atoms. The lowest BCUT2D eigenvalue weighted by Gasteiger charge is -2.39. The highest BCUT2D eigenvalue weighted by atomic mass is 127. The van der Waals surface area contributed by atoms with Crippen LogP contribution in [0.2, 0.25) is 0 Å². The predicted molar refractivity (Wildman–Crippen MR) is 109 cm³/mol. The minimum atomic E-state index is -0.372. The Hall–Kier alpha value is -1.63. The monoisotopic (exact) mass is 465 g/mol. The Bertz CT molecular complexity index is 835. The zero-order valence-corrected chi connectivity index (χ0v) is 17.8. The summed E-state index contributed by atoms with van der Waals surface area (Å²) in [7, 11) is 0. The highest BCUT2D eigenvalue weighted by molar-refractivity contribution is 14.1. The molecule has 0 saturated heterocycles. The molecule has 5 heteroatoms. The van der Waals surface area contributed by atoms with Crippen LogP contribution in [0.1, 0.15) is 52.0 Å². The Morgan fingerprint density at radius 2 is 2.08 bits per heavy atom. The molecule has 0 amide bonds. The maximum Gasteiger partial charge on any atom is 0.336 e. The van der Waals surface area contributed by atoms with Crippen LogP contribution in [0.5, 0.6) is 0 Å². The number of carbonyl (C=O) groups excluding carboxylic acids is 2. The third-order valence-corrected chi connectivity index (χ3v) is 5.59. The van der Waals surface area contributed by atoms with Gasteiger partial charge in [0.05, 0.1) is 12.2 Å². The highest BCUT2D eigenvalue weighted by Crippen LogP contribution is 2.46. The molecule has 1 aromatic carbocycles. The number of carbonyl (C=O) groups is 2. The maximum absolute atomic E-state index is 13.1. The molecule has 4 nitrogen and oxygen atoms in total. The lowest BCUT2D eigenvalue weighted by molar-refractivity contribution is -0.138. The molecule has 1 aliphatic carbocycles. The van der Waals surface area contributed by atoms with Crippen molar-refractivity contribution in [1.82, 2.24) is 5.32 Å². The van der Waals surface area contributed by atoms with Gasteiger partial charge >= 0.3 is 5.97 Å². The standard InChI is InChI=1S/C21H24INO3/c1-5-26-20(25)17-12(2)23-15-10-21(3,4)11-16(24)19(15)18(17)13-7-6-8-14(22)9-13/h6-9,18,23H,5,10-11H2,1-4H3/t18-/m0/s1. The molecule has 0 spiro atoms. The topological polar surface area (TPSA) is 55.4 Å². The quantitative estimate of drug-likeness (QED) is 0.529. The van der Waals surface area contributed by atoms with E-state index in [9.17, 15) is 9.59 Å². The average Bonchev–Trinajstić information content (AvgIpc) is 2.52. The molecule has 1 N–H and O–H groups in total. The normalized spacial score (nSPS) is 22.0. The fourth-order valence-corrected chi connectivity index (χ4v) is 4.50. The van der Waals surface area contributed by atoms with Gasteiger partial charge in [0.2, 0.25) is 0 Å². The second-order valence-corrected chi connectivity index (χ2v) is 8.95. The number of benzene rings is 1. The number of ether oxygens (including phenoxy) is 1. The number of rotatable bonds is 3. The number of allylic oxidation sites excluding steroid dienone is 3. The Balaban J connectivity index is 2.18. The summed E-state index contributed by atoms with van der Waals surface area (Å²) in [6, 6.07) is 8.00. The SMILES string of the molecule is CCOC(=O)C1=C(C)NC2=C(C(=O)CC(C)(C)C2)[C@H]1c1cccc(I)c1. The van der Waals surface area contributed by atoms with E-state index in [2.05, 4.69) is 41.8 Å². The summed E-state index contributed by atoms with van der Waals surface area (Å²) < 4.78 is 6.39. The van der Waals surface area contributed by atoms with Crippen molar-refractivity contribution in [3.63, 3.8) is 0 Å². The zero-order chi connectivity index (χ0) is 19.1. The summed E-state index contributed by atoms with van der Waals surface area (Å²) in [6.07, 6.45) is 1.28. The summed E-state index contributed by atoms with van der Waals surface area (Å²) in [5, 5.41) is 3.34. The van der Waals surface area contributed by atoms with Crippen molar-refractivity contribution in [2.75, 3.05) is 6.61 Å². The lowest BCUT2D eigenvalue weighted by atomic mass is 9.68. The first-order valence-corrected chi connectivity index (χ1v) is 9.98. The van der Waals surface area contributed by atoms with Crippen molar-refractivity contribution in [2.45, 2.75) is 46.5 Å². The third kappa shape index (κ3) is 3.59. The fraction of sp³-hybridized carbons (Fsp3) is 0.429. The van der Waals surface area contributed by atoms with E-state index in [1.165, 1.54) is 0 Å². The summed E-state index contributed by atoms with van der Waals surface area (Å²) in [5.74, 6) is -0.615. The smallest absolute Gasteiger partial charge is 0.336 e. The predicted octanol–water partition coefficient (Wildman–Crippen LogP) is 4.46. The van der Waals surface area contributed by atoms with Crippen molar-refractivity contribution in [2.24, 2.45) is 5.41 Å². The molecule has 0 unspecified atom stereocenters. The number of ketones is 1. The largest absolute Gasteiger partial charge is 0.463 e. The van der Waals surface area contributed by atoms with Gasteiger partial charge in [0.25, 0.3) is 0 Å². The summed E-state index contributed by atoms with van der Waals surface area (Å²) in [6.45, 7) is 8.21. The van der Waals surface area contributed by atoms with Crippen molar-refractivity contribution in [3.05, 3.63) is 55.9 Å². The van der Waals surface area contributed by atoms with Gasteiger partial charge in [-0.1, -0.05) is 26.0 Å². The third-order valence-electron chi connectivity index (χ3n) is 4.92. The van der Waals surface area contributed by atoms with Gasteiger partial charge < -0.3 is 10.1 Å². The van der Waals surface area contributed by atoms with Crippen molar-refractivity contribution < 1.29 is 14.3 Å². The average molecular weight is 465 g/mol. The number of halogens is 1. The van der Waals surface area contributed by atoms with E-state index < -0.39 is 0 Å². The number of hydrogen-bond donors (Lipinski definition) is 1. The van der Waals surface area contributed by atoms with Crippen molar-refractivity contribution in [3.8, 4) is 0 Å². The fourth-order valence-electron chi connectivity index (χ4n) is 3.93. The lowest BCUT2D eigenvalue weighted by Crippen LogP contribution is -2.38. The number of nitrogens with one attached hydrogen (secondary N) is 1. The van der Waals surface area contributed by atoms with Crippen LogP contribution in [-0.4, -0.2) is 18.4 Å². The molecule has 0 bridgehead atoms. The Labute approximate surface area is 168 Å². The van der Waals surface area contributed by atoms with E-state index in [4.69, 9.17) is 4.74 Å². The molecule has 1 aliphatic heterocycles. The van der Waals surface area contributed by atoms with Gasteiger partial charge in [-0.05, 0) is 66.0 Å². The number of esters is 1. The second-order valence-electron chi connectivity index (χ2n) is 7.71. The van der Waals surface area contributed by atoms with Gasteiger partial charge in [-0.15, -0.1) is 0 Å². The van der Waals surface area contributed by atoms with Crippen LogP contribution in [0.3, 0.4) is 0 Å². The van der Waals surface area contributed by atoms with E-state index >= 15 is 0 Å². The molecule has 1 heterocycles. The number of dihydropyridines is 1. The molecular formula is C21H24INO3. The van der Waals surface area contributed by atoms with Gasteiger partial charge in [-0.25, -0.2) is 4.79 Å².